The second-order valence-electron chi connectivity index (χ2n) is 6.18. The molecular weight excluding hydrogens is 242 g/mol. The predicted octanol–water partition coefficient (Wildman–Crippen LogP) is 2.33. The quantitative estimate of drug-likeness (QED) is 0.888. The Morgan fingerprint density at radius 2 is 1.84 bits per heavy atom. The molecule has 5 nitrogen and oxygen atoms in total. The van der Waals surface area contributed by atoms with Crippen molar-refractivity contribution in [2.75, 3.05) is 13.2 Å². The van der Waals surface area contributed by atoms with Gasteiger partial charge in [0.05, 0.1) is 5.54 Å². The van der Waals surface area contributed by atoms with Gasteiger partial charge in [0, 0.05) is 19.1 Å². The molecule has 2 fully saturated rings. The molecule has 0 aromatic carbocycles. The van der Waals surface area contributed by atoms with Crippen LogP contribution in [0.2, 0.25) is 0 Å². The fourth-order valence-electron chi connectivity index (χ4n) is 3.05. The molecular formula is C14H23N3O2. The second-order valence-corrected chi connectivity index (χ2v) is 6.18. The van der Waals surface area contributed by atoms with Crippen molar-refractivity contribution in [1.82, 2.24) is 10.1 Å². The molecule has 0 unspecified atom stereocenters. The minimum absolute atomic E-state index is 0.348. The normalized spacial score (nSPS) is 33.5. The van der Waals surface area contributed by atoms with E-state index < -0.39 is 0 Å². The van der Waals surface area contributed by atoms with E-state index in [0.29, 0.717) is 11.7 Å². The van der Waals surface area contributed by atoms with E-state index in [-0.39, 0.29) is 5.54 Å². The van der Waals surface area contributed by atoms with Crippen molar-refractivity contribution >= 4 is 0 Å². The molecule has 2 heterocycles. The maximum absolute atomic E-state index is 6.48. The van der Waals surface area contributed by atoms with Crippen LogP contribution in [0.1, 0.15) is 63.1 Å². The summed E-state index contributed by atoms with van der Waals surface area (Å²) in [6, 6.07) is 0. The zero-order chi connectivity index (χ0) is 13.3. The van der Waals surface area contributed by atoms with Gasteiger partial charge in [0.2, 0.25) is 5.89 Å². The molecule has 0 bridgehead atoms. The third-order valence-corrected chi connectivity index (χ3v) is 4.62. The van der Waals surface area contributed by atoms with E-state index in [1.54, 1.807) is 0 Å². The van der Waals surface area contributed by atoms with Gasteiger partial charge in [0.1, 0.15) is 0 Å². The van der Waals surface area contributed by atoms with Crippen molar-refractivity contribution in [3.8, 4) is 0 Å². The number of aromatic nitrogens is 2. The summed E-state index contributed by atoms with van der Waals surface area (Å²) in [6.07, 6.45) is 6.16. The topological polar surface area (TPSA) is 74.2 Å². The van der Waals surface area contributed by atoms with E-state index >= 15 is 0 Å². The molecule has 0 atom stereocenters. The Kier molecular flexibility index (Phi) is 3.58. The molecule has 1 aliphatic heterocycles. The Bertz CT molecular complexity index is 418. The Labute approximate surface area is 113 Å². The Morgan fingerprint density at radius 3 is 2.53 bits per heavy atom. The summed E-state index contributed by atoms with van der Waals surface area (Å²) in [5, 5.41) is 4.16. The van der Waals surface area contributed by atoms with Gasteiger partial charge in [-0.3, -0.25) is 0 Å². The monoisotopic (exact) mass is 265 g/mol. The first-order valence-corrected chi connectivity index (χ1v) is 7.38. The van der Waals surface area contributed by atoms with Gasteiger partial charge in [-0.15, -0.1) is 0 Å². The SMILES string of the molecule is CC1CCC(N)(c2noc(C3CCOCC3)n2)CC1. The zero-order valence-electron chi connectivity index (χ0n) is 11.6. The minimum atomic E-state index is -0.376. The van der Waals surface area contributed by atoms with Gasteiger partial charge in [0.25, 0.3) is 0 Å². The lowest BCUT2D eigenvalue weighted by molar-refractivity contribution is 0.0778. The average Bonchev–Trinajstić information content (AvgIpc) is 2.94. The summed E-state index contributed by atoms with van der Waals surface area (Å²) in [5.41, 5.74) is 6.10. The summed E-state index contributed by atoms with van der Waals surface area (Å²) < 4.78 is 10.8. The molecule has 2 aliphatic rings. The lowest BCUT2D eigenvalue weighted by atomic mass is 9.77. The number of hydrogen-bond donors (Lipinski definition) is 1. The minimum Gasteiger partial charge on any atom is -0.381 e. The molecule has 1 saturated carbocycles. The van der Waals surface area contributed by atoms with Gasteiger partial charge < -0.3 is 15.0 Å². The zero-order valence-corrected chi connectivity index (χ0v) is 11.6. The molecule has 19 heavy (non-hydrogen) atoms. The van der Waals surface area contributed by atoms with Crippen LogP contribution >= 0.6 is 0 Å². The van der Waals surface area contributed by atoms with Crippen LogP contribution in [0.3, 0.4) is 0 Å². The van der Waals surface area contributed by atoms with Crippen LogP contribution in [0.25, 0.3) is 0 Å². The molecule has 0 radical (unpaired) electrons. The Hall–Kier alpha value is -0.940. The number of nitrogens with two attached hydrogens (primary N) is 1. The van der Waals surface area contributed by atoms with Gasteiger partial charge in [-0.05, 0) is 44.4 Å². The molecule has 1 aromatic rings. The number of ether oxygens (including phenoxy) is 1. The van der Waals surface area contributed by atoms with Crippen LogP contribution in [0, 0.1) is 5.92 Å². The van der Waals surface area contributed by atoms with Crippen LogP contribution in [0.5, 0.6) is 0 Å². The molecule has 2 N–H and O–H groups in total. The van der Waals surface area contributed by atoms with Crippen molar-refractivity contribution in [2.24, 2.45) is 11.7 Å². The van der Waals surface area contributed by atoms with Crippen LogP contribution < -0.4 is 5.73 Å². The molecule has 0 amide bonds. The third kappa shape index (κ3) is 2.67. The van der Waals surface area contributed by atoms with Crippen LogP contribution in [-0.2, 0) is 10.3 Å². The maximum atomic E-state index is 6.48. The van der Waals surface area contributed by atoms with Gasteiger partial charge in [-0.25, -0.2) is 0 Å². The van der Waals surface area contributed by atoms with Crippen molar-refractivity contribution in [3.05, 3.63) is 11.7 Å². The van der Waals surface area contributed by atoms with Crippen molar-refractivity contribution < 1.29 is 9.26 Å². The molecule has 1 aromatic heterocycles. The van der Waals surface area contributed by atoms with E-state index in [1.165, 1.54) is 0 Å². The average molecular weight is 265 g/mol. The van der Waals surface area contributed by atoms with Crippen molar-refractivity contribution in [3.63, 3.8) is 0 Å². The van der Waals surface area contributed by atoms with E-state index in [1.807, 2.05) is 0 Å². The third-order valence-electron chi connectivity index (χ3n) is 4.62. The smallest absolute Gasteiger partial charge is 0.230 e. The molecule has 1 saturated heterocycles. The Balaban J connectivity index is 1.73. The highest BCUT2D eigenvalue weighted by molar-refractivity contribution is 5.07. The van der Waals surface area contributed by atoms with Gasteiger partial charge in [-0.1, -0.05) is 12.1 Å². The predicted molar refractivity (Wildman–Crippen MR) is 70.6 cm³/mol. The van der Waals surface area contributed by atoms with Crippen LogP contribution in [0.4, 0.5) is 0 Å². The standard InChI is InChI=1S/C14H23N3O2/c1-10-2-6-14(15,7-3-10)13-16-12(19-17-13)11-4-8-18-9-5-11/h10-11H,2-9,15H2,1H3. The van der Waals surface area contributed by atoms with Crippen LogP contribution in [-0.4, -0.2) is 23.4 Å². The first-order chi connectivity index (χ1) is 9.17. The van der Waals surface area contributed by atoms with Gasteiger partial charge in [0.15, 0.2) is 5.82 Å². The van der Waals surface area contributed by atoms with Gasteiger partial charge >= 0.3 is 0 Å². The highest BCUT2D eigenvalue weighted by atomic mass is 16.5. The fourth-order valence-corrected chi connectivity index (χ4v) is 3.05. The van der Waals surface area contributed by atoms with E-state index in [4.69, 9.17) is 15.0 Å². The number of rotatable bonds is 2. The van der Waals surface area contributed by atoms with Crippen molar-refractivity contribution in [2.45, 2.75) is 56.9 Å². The lowest BCUT2D eigenvalue weighted by Gasteiger charge is -2.33. The molecule has 3 rings (SSSR count). The highest BCUT2D eigenvalue weighted by Crippen LogP contribution is 2.37. The maximum Gasteiger partial charge on any atom is 0.230 e. The molecule has 5 heteroatoms. The van der Waals surface area contributed by atoms with E-state index in [2.05, 4.69) is 17.1 Å². The Morgan fingerprint density at radius 1 is 1.16 bits per heavy atom. The van der Waals surface area contributed by atoms with Crippen molar-refractivity contribution in [1.29, 1.82) is 0 Å². The first-order valence-electron chi connectivity index (χ1n) is 7.38. The lowest BCUT2D eigenvalue weighted by Crippen LogP contribution is -2.41. The summed E-state index contributed by atoms with van der Waals surface area (Å²) in [6.45, 7) is 3.85. The summed E-state index contributed by atoms with van der Waals surface area (Å²) >= 11 is 0. The summed E-state index contributed by atoms with van der Waals surface area (Å²) in [7, 11) is 0. The molecule has 0 spiro atoms. The van der Waals surface area contributed by atoms with E-state index in [0.717, 1.165) is 63.5 Å². The summed E-state index contributed by atoms with van der Waals surface area (Å²) in [4.78, 5) is 4.60. The largest absolute Gasteiger partial charge is 0.381 e. The molecule has 1 aliphatic carbocycles. The number of hydrogen-bond acceptors (Lipinski definition) is 5. The van der Waals surface area contributed by atoms with E-state index in [9.17, 15) is 0 Å². The van der Waals surface area contributed by atoms with Crippen LogP contribution in [0.15, 0.2) is 4.52 Å². The first kappa shape index (κ1) is 13.1. The number of nitrogens with zero attached hydrogens (tertiary/aromatic N) is 2. The summed E-state index contributed by atoms with van der Waals surface area (Å²) in [5.74, 6) is 2.57. The van der Waals surface area contributed by atoms with Gasteiger partial charge in [-0.2, -0.15) is 4.98 Å². The fraction of sp³-hybridized carbons (Fsp3) is 0.857. The second kappa shape index (κ2) is 5.21. The molecule has 106 valence electrons. The highest BCUT2D eigenvalue weighted by Gasteiger charge is 2.37.